The fourth-order valence-corrected chi connectivity index (χ4v) is 1.93. The SMILES string of the molecule is Nc1nc2cc(F)ccc2n1-c1ccc(F)cc1. The largest absolute Gasteiger partial charge is 0.369 e. The maximum absolute atomic E-state index is 13.1. The summed E-state index contributed by atoms with van der Waals surface area (Å²) in [5.74, 6) is -0.457. The van der Waals surface area contributed by atoms with Crippen LogP contribution in [0.1, 0.15) is 0 Å². The number of nitrogens with zero attached hydrogens (tertiary/aromatic N) is 2. The highest BCUT2D eigenvalue weighted by Gasteiger charge is 2.10. The zero-order valence-electron chi connectivity index (χ0n) is 9.27. The molecule has 1 aromatic heterocycles. The lowest BCUT2D eigenvalue weighted by molar-refractivity contribution is 0.627. The van der Waals surface area contributed by atoms with E-state index in [1.807, 2.05) is 0 Å². The molecule has 1 heterocycles. The van der Waals surface area contributed by atoms with Crippen LogP contribution < -0.4 is 5.73 Å². The van der Waals surface area contributed by atoms with Gasteiger partial charge in [-0.15, -0.1) is 0 Å². The Labute approximate surface area is 101 Å². The molecule has 90 valence electrons. The fraction of sp³-hybridized carbons (Fsp3) is 0. The maximum Gasteiger partial charge on any atom is 0.205 e. The van der Waals surface area contributed by atoms with Crippen molar-refractivity contribution in [1.82, 2.24) is 9.55 Å². The Bertz CT molecular complexity index is 717. The van der Waals surface area contributed by atoms with E-state index < -0.39 is 0 Å². The molecule has 5 heteroatoms. The van der Waals surface area contributed by atoms with Gasteiger partial charge in [-0.05, 0) is 36.4 Å². The standard InChI is InChI=1S/C13H9F2N3/c14-8-1-4-10(5-2-8)18-12-6-3-9(15)7-11(12)17-13(18)16/h1-7H,(H2,16,17). The Morgan fingerprint density at radius 1 is 0.944 bits per heavy atom. The third-order valence-corrected chi connectivity index (χ3v) is 2.73. The quantitative estimate of drug-likeness (QED) is 0.716. The van der Waals surface area contributed by atoms with Crippen molar-refractivity contribution in [2.45, 2.75) is 0 Å². The van der Waals surface area contributed by atoms with Crippen molar-refractivity contribution in [2.24, 2.45) is 0 Å². The summed E-state index contributed by atoms with van der Waals surface area (Å²) in [6.45, 7) is 0. The molecule has 3 aromatic rings. The van der Waals surface area contributed by atoms with Gasteiger partial charge in [-0.3, -0.25) is 4.57 Å². The topological polar surface area (TPSA) is 43.8 Å². The Hall–Kier alpha value is -2.43. The molecule has 0 bridgehead atoms. The van der Waals surface area contributed by atoms with Crippen molar-refractivity contribution in [2.75, 3.05) is 5.73 Å². The van der Waals surface area contributed by atoms with E-state index in [1.165, 1.54) is 24.3 Å². The van der Waals surface area contributed by atoms with E-state index in [1.54, 1.807) is 22.8 Å². The molecule has 0 amide bonds. The van der Waals surface area contributed by atoms with Crippen LogP contribution in [0.15, 0.2) is 42.5 Å². The monoisotopic (exact) mass is 245 g/mol. The van der Waals surface area contributed by atoms with Crippen LogP contribution in [0.3, 0.4) is 0 Å². The Balaban J connectivity index is 2.28. The zero-order valence-corrected chi connectivity index (χ0v) is 9.27. The zero-order chi connectivity index (χ0) is 12.7. The van der Waals surface area contributed by atoms with Crippen molar-refractivity contribution in [3.63, 3.8) is 0 Å². The number of fused-ring (bicyclic) bond motifs is 1. The van der Waals surface area contributed by atoms with Crippen molar-refractivity contribution in [3.05, 3.63) is 54.1 Å². The third kappa shape index (κ3) is 1.60. The molecule has 3 rings (SSSR count). The molecule has 3 nitrogen and oxygen atoms in total. The highest BCUT2D eigenvalue weighted by Crippen LogP contribution is 2.23. The van der Waals surface area contributed by atoms with Crippen LogP contribution in [-0.2, 0) is 0 Å². The van der Waals surface area contributed by atoms with Crippen LogP contribution >= 0.6 is 0 Å². The van der Waals surface area contributed by atoms with E-state index in [0.29, 0.717) is 16.7 Å². The predicted molar refractivity (Wildman–Crippen MR) is 65.4 cm³/mol. The van der Waals surface area contributed by atoms with E-state index in [-0.39, 0.29) is 17.6 Å². The summed E-state index contributed by atoms with van der Waals surface area (Å²) in [6.07, 6.45) is 0. The van der Waals surface area contributed by atoms with E-state index >= 15 is 0 Å². The van der Waals surface area contributed by atoms with Gasteiger partial charge in [0.15, 0.2) is 0 Å². The average molecular weight is 245 g/mol. The lowest BCUT2D eigenvalue weighted by Gasteiger charge is -2.05. The summed E-state index contributed by atoms with van der Waals surface area (Å²) >= 11 is 0. The van der Waals surface area contributed by atoms with E-state index in [2.05, 4.69) is 4.98 Å². The number of rotatable bonds is 1. The second-order valence-corrected chi connectivity index (χ2v) is 3.91. The molecule has 18 heavy (non-hydrogen) atoms. The van der Waals surface area contributed by atoms with Crippen molar-refractivity contribution in [3.8, 4) is 5.69 Å². The fourth-order valence-electron chi connectivity index (χ4n) is 1.93. The van der Waals surface area contributed by atoms with E-state index in [9.17, 15) is 8.78 Å². The number of aromatic nitrogens is 2. The number of hydrogen-bond donors (Lipinski definition) is 1. The molecule has 0 aliphatic carbocycles. The number of hydrogen-bond acceptors (Lipinski definition) is 2. The third-order valence-electron chi connectivity index (χ3n) is 2.73. The lowest BCUT2D eigenvalue weighted by atomic mass is 10.2. The van der Waals surface area contributed by atoms with Crippen LogP contribution in [0, 0.1) is 11.6 Å². The Kier molecular flexibility index (Phi) is 2.26. The van der Waals surface area contributed by atoms with Gasteiger partial charge >= 0.3 is 0 Å². The molecule has 0 spiro atoms. The van der Waals surface area contributed by atoms with Gasteiger partial charge in [0.25, 0.3) is 0 Å². The Morgan fingerprint density at radius 2 is 1.61 bits per heavy atom. The van der Waals surface area contributed by atoms with Gasteiger partial charge in [-0.2, -0.15) is 0 Å². The first-order chi connectivity index (χ1) is 8.65. The minimum absolute atomic E-state index is 0.238. The van der Waals surface area contributed by atoms with Crippen molar-refractivity contribution < 1.29 is 8.78 Å². The maximum atomic E-state index is 13.1. The van der Waals surface area contributed by atoms with Gasteiger partial charge < -0.3 is 5.73 Å². The van der Waals surface area contributed by atoms with Crippen LogP contribution in [0.25, 0.3) is 16.7 Å². The molecule has 0 radical (unpaired) electrons. The number of benzene rings is 2. The second-order valence-electron chi connectivity index (χ2n) is 3.91. The minimum Gasteiger partial charge on any atom is -0.369 e. The summed E-state index contributed by atoms with van der Waals surface area (Å²) in [5, 5.41) is 0. The van der Waals surface area contributed by atoms with Gasteiger partial charge in [0, 0.05) is 11.8 Å². The first kappa shape index (κ1) is 10.7. The minimum atomic E-state index is -0.369. The number of halogens is 2. The molecule has 2 aromatic carbocycles. The van der Waals surface area contributed by atoms with Gasteiger partial charge in [-0.1, -0.05) is 0 Å². The number of nitrogens with two attached hydrogens (primary N) is 1. The molecule has 0 saturated carbocycles. The Morgan fingerprint density at radius 3 is 2.33 bits per heavy atom. The van der Waals surface area contributed by atoms with Gasteiger partial charge in [0.1, 0.15) is 11.6 Å². The summed E-state index contributed by atoms with van der Waals surface area (Å²) < 4.78 is 27.6. The first-order valence-corrected chi connectivity index (χ1v) is 5.34. The lowest BCUT2D eigenvalue weighted by Crippen LogP contribution is -2.00. The second kappa shape index (κ2) is 3.80. The average Bonchev–Trinajstić information content (AvgIpc) is 2.65. The molecule has 2 N–H and O–H groups in total. The molecule has 0 saturated heterocycles. The summed E-state index contributed by atoms with van der Waals surface area (Å²) in [7, 11) is 0. The smallest absolute Gasteiger partial charge is 0.205 e. The summed E-state index contributed by atoms with van der Waals surface area (Å²) in [5.41, 5.74) is 7.64. The van der Waals surface area contributed by atoms with E-state index in [4.69, 9.17) is 5.73 Å². The molecule has 0 aliphatic rings. The van der Waals surface area contributed by atoms with Crippen molar-refractivity contribution >= 4 is 17.0 Å². The molecule has 0 aliphatic heterocycles. The number of nitrogen functional groups attached to an aromatic ring is 1. The predicted octanol–water partition coefficient (Wildman–Crippen LogP) is 2.89. The normalized spacial score (nSPS) is 11.0. The van der Waals surface area contributed by atoms with Crippen molar-refractivity contribution in [1.29, 1.82) is 0 Å². The molecule has 0 atom stereocenters. The van der Waals surface area contributed by atoms with Crippen LogP contribution in [0.4, 0.5) is 14.7 Å². The number of anilines is 1. The molecule has 0 fully saturated rings. The highest BCUT2D eigenvalue weighted by molar-refractivity contribution is 5.80. The van der Waals surface area contributed by atoms with Crippen LogP contribution in [-0.4, -0.2) is 9.55 Å². The summed E-state index contributed by atoms with van der Waals surface area (Å²) in [6, 6.07) is 10.1. The molecular formula is C13H9F2N3. The van der Waals surface area contributed by atoms with Gasteiger partial charge in [-0.25, -0.2) is 13.8 Å². The summed E-state index contributed by atoms with van der Waals surface area (Å²) in [4.78, 5) is 4.08. The first-order valence-electron chi connectivity index (χ1n) is 5.34. The van der Waals surface area contributed by atoms with Crippen LogP contribution in [0.2, 0.25) is 0 Å². The van der Waals surface area contributed by atoms with Crippen LogP contribution in [0.5, 0.6) is 0 Å². The highest BCUT2D eigenvalue weighted by atomic mass is 19.1. The molecule has 0 unspecified atom stereocenters. The van der Waals surface area contributed by atoms with Gasteiger partial charge in [0.2, 0.25) is 5.95 Å². The number of imidazole rings is 1. The van der Waals surface area contributed by atoms with E-state index in [0.717, 1.165) is 0 Å². The van der Waals surface area contributed by atoms with Gasteiger partial charge in [0.05, 0.1) is 11.0 Å². The molecular weight excluding hydrogens is 236 g/mol.